The lowest BCUT2D eigenvalue weighted by atomic mass is 9.99. The average molecular weight is 249 g/mol. The van der Waals surface area contributed by atoms with Gasteiger partial charge < -0.3 is 0 Å². The predicted molar refractivity (Wildman–Crippen MR) is 69.4 cm³/mol. The molecule has 0 nitrogen and oxygen atoms in total. The summed E-state index contributed by atoms with van der Waals surface area (Å²) >= 11 is 12.4. The van der Waals surface area contributed by atoms with Crippen molar-refractivity contribution in [3.63, 3.8) is 0 Å². The number of halogens is 2. The Labute approximate surface area is 105 Å². The van der Waals surface area contributed by atoms with Gasteiger partial charge in [0.05, 0.1) is 10.0 Å². The minimum atomic E-state index is 0.331. The second-order valence-corrected chi connectivity index (χ2v) is 4.92. The third kappa shape index (κ3) is 1.24. The highest BCUT2D eigenvalue weighted by Crippen LogP contribution is 2.48. The fraction of sp³-hybridized carbons (Fsp3) is 0.143. The van der Waals surface area contributed by atoms with Crippen molar-refractivity contribution in [1.29, 1.82) is 0 Å². The van der Waals surface area contributed by atoms with Gasteiger partial charge in [0.2, 0.25) is 0 Å². The number of hydrogen-bond donors (Lipinski definition) is 0. The molecule has 0 fully saturated rings. The summed E-state index contributed by atoms with van der Waals surface area (Å²) in [6.07, 6.45) is 0. The Morgan fingerprint density at radius 3 is 2.50 bits per heavy atom. The van der Waals surface area contributed by atoms with E-state index in [1.54, 1.807) is 0 Å². The predicted octanol–water partition coefficient (Wildman–Crippen LogP) is 5.13. The normalized spacial score (nSPS) is 17.1. The Kier molecular flexibility index (Phi) is 2.24. The first-order chi connectivity index (χ1) is 7.70. The van der Waals surface area contributed by atoms with E-state index in [4.69, 9.17) is 23.2 Å². The molecule has 0 spiro atoms. The zero-order valence-corrected chi connectivity index (χ0v) is 10.3. The van der Waals surface area contributed by atoms with E-state index in [-0.39, 0.29) is 0 Å². The second kappa shape index (κ2) is 3.51. The standard InChI is InChI=1S/C14H10Cl2/c1-8-9-4-2-3-5-10(9)11-6-7-12(15)14(16)13(8)11/h2-8H,1H3. The molecule has 0 radical (unpaired) electrons. The monoisotopic (exact) mass is 248 g/mol. The summed E-state index contributed by atoms with van der Waals surface area (Å²) in [4.78, 5) is 0. The molecule has 16 heavy (non-hydrogen) atoms. The molecule has 2 aromatic rings. The Morgan fingerprint density at radius 1 is 0.938 bits per heavy atom. The van der Waals surface area contributed by atoms with Crippen LogP contribution in [0.4, 0.5) is 0 Å². The molecule has 1 unspecified atom stereocenters. The van der Waals surface area contributed by atoms with Crippen LogP contribution in [-0.4, -0.2) is 0 Å². The number of benzene rings is 2. The summed E-state index contributed by atoms with van der Waals surface area (Å²) in [6, 6.07) is 12.4. The molecule has 3 rings (SSSR count). The van der Waals surface area contributed by atoms with Crippen LogP contribution in [0.2, 0.25) is 10.0 Å². The van der Waals surface area contributed by atoms with Gasteiger partial charge in [0.25, 0.3) is 0 Å². The van der Waals surface area contributed by atoms with Crippen molar-refractivity contribution in [3.05, 3.63) is 57.6 Å². The van der Waals surface area contributed by atoms with Crippen LogP contribution in [0.15, 0.2) is 36.4 Å². The maximum Gasteiger partial charge on any atom is 0.0636 e. The molecule has 0 amide bonds. The van der Waals surface area contributed by atoms with Crippen molar-refractivity contribution in [2.45, 2.75) is 12.8 Å². The van der Waals surface area contributed by atoms with Crippen LogP contribution >= 0.6 is 23.2 Å². The van der Waals surface area contributed by atoms with Crippen LogP contribution in [0.1, 0.15) is 24.0 Å². The lowest BCUT2D eigenvalue weighted by molar-refractivity contribution is 0.957. The Hall–Kier alpha value is -0.980. The molecule has 80 valence electrons. The maximum atomic E-state index is 6.29. The van der Waals surface area contributed by atoms with Crippen LogP contribution < -0.4 is 0 Å². The third-order valence-corrected chi connectivity index (χ3v) is 4.10. The number of rotatable bonds is 0. The topological polar surface area (TPSA) is 0 Å². The highest BCUT2D eigenvalue weighted by Gasteiger charge is 2.27. The second-order valence-electron chi connectivity index (χ2n) is 4.13. The maximum absolute atomic E-state index is 6.29. The molecule has 0 bridgehead atoms. The van der Waals surface area contributed by atoms with Crippen molar-refractivity contribution in [2.24, 2.45) is 0 Å². The van der Waals surface area contributed by atoms with Crippen LogP contribution in [0.3, 0.4) is 0 Å². The van der Waals surface area contributed by atoms with Crippen molar-refractivity contribution < 1.29 is 0 Å². The van der Waals surface area contributed by atoms with Crippen LogP contribution in [0.5, 0.6) is 0 Å². The average Bonchev–Trinajstić information content (AvgIpc) is 2.59. The minimum absolute atomic E-state index is 0.331. The molecule has 0 saturated heterocycles. The van der Waals surface area contributed by atoms with E-state index in [1.807, 2.05) is 6.07 Å². The zero-order valence-electron chi connectivity index (χ0n) is 8.80. The van der Waals surface area contributed by atoms with Crippen LogP contribution in [-0.2, 0) is 0 Å². The van der Waals surface area contributed by atoms with E-state index in [0.717, 1.165) is 5.56 Å². The van der Waals surface area contributed by atoms with Gasteiger partial charge in [0.1, 0.15) is 0 Å². The molecular formula is C14H10Cl2. The first-order valence-corrected chi connectivity index (χ1v) is 6.03. The fourth-order valence-electron chi connectivity index (χ4n) is 2.50. The molecule has 0 saturated carbocycles. The Balaban J connectivity index is 2.37. The van der Waals surface area contributed by atoms with Crippen molar-refractivity contribution >= 4 is 23.2 Å². The summed E-state index contributed by atoms with van der Waals surface area (Å²) in [6.45, 7) is 2.17. The molecule has 2 aromatic carbocycles. The Bertz CT molecular complexity index is 573. The molecule has 2 heteroatoms. The van der Waals surface area contributed by atoms with Gasteiger partial charge in [-0.15, -0.1) is 0 Å². The van der Waals surface area contributed by atoms with Crippen molar-refractivity contribution in [1.82, 2.24) is 0 Å². The number of fused-ring (bicyclic) bond motifs is 3. The molecule has 0 N–H and O–H groups in total. The lowest BCUT2D eigenvalue weighted by Crippen LogP contribution is -1.90. The summed E-state index contributed by atoms with van der Waals surface area (Å²) in [5, 5.41) is 1.34. The van der Waals surface area contributed by atoms with E-state index in [9.17, 15) is 0 Å². The summed E-state index contributed by atoms with van der Waals surface area (Å²) in [7, 11) is 0. The van der Waals surface area contributed by atoms with E-state index < -0.39 is 0 Å². The highest BCUT2D eigenvalue weighted by molar-refractivity contribution is 6.43. The van der Waals surface area contributed by atoms with Gasteiger partial charge in [-0.05, 0) is 28.3 Å². The largest absolute Gasteiger partial charge is 0.0827 e. The van der Waals surface area contributed by atoms with E-state index in [2.05, 4.69) is 37.3 Å². The summed E-state index contributed by atoms with van der Waals surface area (Å²) < 4.78 is 0. The van der Waals surface area contributed by atoms with Gasteiger partial charge in [0.15, 0.2) is 0 Å². The minimum Gasteiger partial charge on any atom is -0.0827 e. The SMILES string of the molecule is CC1c2ccccc2-c2ccc(Cl)c(Cl)c21. The Morgan fingerprint density at radius 2 is 1.69 bits per heavy atom. The van der Waals surface area contributed by atoms with Crippen LogP contribution in [0, 0.1) is 0 Å². The van der Waals surface area contributed by atoms with E-state index >= 15 is 0 Å². The molecule has 0 aliphatic heterocycles. The van der Waals surface area contributed by atoms with E-state index in [0.29, 0.717) is 16.0 Å². The molecule has 1 aliphatic carbocycles. The molecule has 1 atom stereocenters. The van der Waals surface area contributed by atoms with Gasteiger partial charge >= 0.3 is 0 Å². The molecule has 0 aromatic heterocycles. The summed E-state index contributed by atoms with van der Waals surface area (Å²) in [5.41, 5.74) is 5.00. The van der Waals surface area contributed by atoms with Gasteiger partial charge in [-0.1, -0.05) is 60.5 Å². The summed E-state index contributed by atoms with van der Waals surface area (Å²) in [5.74, 6) is 0.331. The first kappa shape index (κ1) is 10.2. The van der Waals surface area contributed by atoms with E-state index in [1.165, 1.54) is 16.7 Å². The van der Waals surface area contributed by atoms with Crippen LogP contribution in [0.25, 0.3) is 11.1 Å². The van der Waals surface area contributed by atoms with Gasteiger partial charge in [-0.25, -0.2) is 0 Å². The quantitative estimate of drug-likeness (QED) is 0.607. The van der Waals surface area contributed by atoms with Crippen molar-refractivity contribution in [2.75, 3.05) is 0 Å². The molecule has 1 aliphatic rings. The molecular weight excluding hydrogens is 239 g/mol. The van der Waals surface area contributed by atoms with Gasteiger partial charge in [0, 0.05) is 5.92 Å². The van der Waals surface area contributed by atoms with Gasteiger partial charge in [-0.2, -0.15) is 0 Å². The number of hydrogen-bond acceptors (Lipinski definition) is 0. The smallest absolute Gasteiger partial charge is 0.0636 e. The fourth-order valence-corrected chi connectivity index (χ4v) is 2.99. The van der Waals surface area contributed by atoms with Gasteiger partial charge in [-0.3, -0.25) is 0 Å². The van der Waals surface area contributed by atoms with Crippen molar-refractivity contribution in [3.8, 4) is 11.1 Å². The zero-order chi connectivity index (χ0) is 11.3. The lowest BCUT2D eigenvalue weighted by Gasteiger charge is -2.09. The third-order valence-electron chi connectivity index (χ3n) is 3.28. The highest BCUT2D eigenvalue weighted by atomic mass is 35.5. The molecule has 0 heterocycles. The first-order valence-electron chi connectivity index (χ1n) is 5.27.